The van der Waals surface area contributed by atoms with Crippen LogP contribution in [0.25, 0.3) is 0 Å². The van der Waals surface area contributed by atoms with E-state index in [1.54, 1.807) is 13.3 Å². The third-order valence-electron chi connectivity index (χ3n) is 2.90. The van der Waals surface area contributed by atoms with Crippen molar-refractivity contribution in [3.8, 4) is 0 Å². The standard InChI is InChI=1S/3C4H9.C2H3F3.Sn.H/c3*1-3-4-2;1-2(3,4)5;;/h3*1,3-4H2,2H3;1H3;;. The van der Waals surface area contributed by atoms with Crippen molar-refractivity contribution in [1.29, 1.82) is 0 Å². The van der Waals surface area contributed by atoms with Gasteiger partial charge in [-0.25, -0.2) is 0 Å². The van der Waals surface area contributed by atoms with Crippen molar-refractivity contribution in [3.63, 3.8) is 0 Å². The van der Waals surface area contributed by atoms with Gasteiger partial charge in [0.15, 0.2) is 0 Å². The van der Waals surface area contributed by atoms with Gasteiger partial charge < -0.3 is 0 Å². The molecule has 0 aromatic carbocycles. The van der Waals surface area contributed by atoms with Crippen LogP contribution in [0.5, 0.6) is 0 Å². The molecule has 0 saturated heterocycles. The molecule has 112 valence electrons. The molecule has 0 spiro atoms. The molecular weight excluding hydrogens is 344 g/mol. The van der Waals surface area contributed by atoms with E-state index in [4.69, 9.17) is 0 Å². The fraction of sp³-hybridized carbons (Fsp3) is 1.00. The van der Waals surface area contributed by atoms with E-state index in [1.165, 1.54) is 38.5 Å². The third kappa shape index (κ3) is 25.4. The van der Waals surface area contributed by atoms with Gasteiger partial charge in [-0.2, -0.15) is 13.2 Å². The summed E-state index contributed by atoms with van der Waals surface area (Å²) >= 11 is -0.967. The van der Waals surface area contributed by atoms with E-state index in [9.17, 15) is 13.2 Å². The monoisotopic (exact) mass is 376 g/mol. The molecule has 0 radical (unpaired) electrons. The van der Waals surface area contributed by atoms with Crippen molar-refractivity contribution in [3.05, 3.63) is 0 Å². The topological polar surface area (TPSA) is 0 Å². The first-order valence-electron chi connectivity index (χ1n) is 7.41. The number of hydrogen-bond acceptors (Lipinski definition) is 0. The molecule has 0 atom stereocenters. The summed E-state index contributed by atoms with van der Waals surface area (Å²) in [7, 11) is 0. The summed E-state index contributed by atoms with van der Waals surface area (Å²) in [5.41, 5.74) is 0. The predicted molar refractivity (Wildman–Crippen MR) is 78.0 cm³/mol. The van der Waals surface area contributed by atoms with Crippen LogP contribution < -0.4 is 0 Å². The maximum absolute atomic E-state index is 10.4. The Balaban J connectivity index is 0. The molecule has 0 N–H and O–H groups in total. The Hall–Kier alpha value is 0.589. The van der Waals surface area contributed by atoms with Crippen LogP contribution in [-0.4, -0.2) is 25.9 Å². The second-order valence-corrected chi connectivity index (χ2v) is 15.0. The Labute approximate surface area is 118 Å². The van der Waals surface area contributed by atoms with Gasteiger partial charge in [0, 0.05) is 6.92 Å². The second-order valence-electron chi connectivity index (χ2n) is 5.07. The molecule has 0 unspecified atom stereocenters. The molecule has 0 aliphatic heterocycles. The fourth-order valence-corrected chi connectivity index (χ4v) is 12.8. The van der Waals surface area contributed by atoms with E-state index in [2.05, 4.69) is 20.8 Å². The fourth-order valence-electron chi connectivity index (χ4n) is 1.91. The van der Waals surface area contributed by atoms with Crippen LogP contribution in [0.3, 0.4) is 0 Å². The van der Waals surface area contributed by atoms with Crippen LogP contribution >= 0.6 is 0 Å². The first kappa shape index (κ1) is 20.9. The zero-order valence-electron chi connectivity index (χ0n) is 12.6. The van der Waals surface area contributed by atoms with E-state index >= 15 is 0 Å². The summed E-state index contributed by atoms with van der Waals surface area (Å²) in [6, 6.07) is 0. The quantitative estimate of drug-likeness (QED) is 0.422. The van der Waals surface area contributed by atoms with Crippen molar-refractivity contribution in [2.45, 2.75) is 85.7 Å². The van der Waals surface area contributed by atoms with Gasteiger partial charge in [-0.1, -0.05) is 0 Å². The number of halogens is 3. The van der Waals surface area contributed by atoms with Gasteiger partial charge in [0.05, 0.1) is 0 Å². The zero-order chi connectivity index (χ0) is 14.4. The Morgan fingerprint density at radius 2 is 0.944 bits per heavy atom. The molecule has 4 heteroatoms. The molecule has 0 aromatic rings. The Morgan fingerprint density at radius 1 is 0.722 bits per heavy atom. The van der Waals surface area contributed by atoms with E-state index < -0.39 is 25.9 Å². The van der Waals surface area contributed by atoms with Crippen LogP contribution in [0.2, 0.25) is 13.3 Å². The van der Waals surface area contributed by atoms with Crippen LogP contribution in [0, 0.1) is 0 Å². The van der Waals surface area contributed by atoms with Gasteiger partial charge in [0.2, 0.25) is 0 Å². The van der Waals surface area contributed by atoms with Gasteiger partial charge in [-0.05, 0) is 0 Å². The van der Waals surface area contributed by atoms with Gasteiger partial charge in [-0.15, -0.1) is 0 Å². The first-order chi connectivity index (χ1) is 8.35. The van der Waals surface area contributed by atoms with Gasteiger partial charge >= 0.3 is 98.5 Å². The Morgan fingerprint density at radius 3 is 1.11 bits per heavy atom. The summed E-state index contributed by atoms with van der Waals surface area (Å²) in [6.07, 6.45) is 4.87. The van der Waals surface area contributed by atoms with Crippen molar-refractivity contribution < 1.29 is 13.2 Å². The molecule has 0 aliphatic carbocycles. The van der Waals surface area contributed by atoms with E-state index in [0.717, 1.165) is 0 Å². The van der Waals surface area contributed by atoms with E-state index in [0.29, 0.717) is 0 Å². The molecule has 0 nitrogen and oxygen atoms in total. The molecule has 0 heterocycles. The average molecular weight is 375 g/mol. The van der Waals surface area contributed by atoms with Gasteiger partial charge in [0.1, 0.15) is 0 Å². The number of alkyl halides is 3. The number of unbranched alkanes of at least 4 members (excludes halogenated alkanes) is 3. The molecule has 0 rings (SSSR count). The second kappa shape index (κ2) is 14.0. The SMILES string of the molecule is CC(F)(F)F.CCC[CH2][SnH]([CH2]CCC)[CH2]CCC. The van der Waals surface area contributed by atoms with E-state index in [-0.39, 0.29) is 6.92 Å². The third-order valence-corrected chi connectivity index (χ3v) is 13.4. The maximum atomic E-state index is 10.4. The Kier molecular flexibility index (Phi) is 16.3. The zero-order valence-corrected chi connectivity index (χ0v) is 15.9. The molecule has 18 heavy (non-hydrogen) atoms. The summed E-state index contributed by atoms with van der Waals surface area (Å²) in [5, 5.41) is 0. The molecule has 0 aromatic heterocycles. The van der Waals surface area contributed by atoms with Crippen LogP contribution in [0.1, 0.15) is 66.2 Å². The van der Waals surface area contributed by atoms with E-state index in [1.807, 2.05) is 0 Å². The molecular formula is C14H31F3Sn. The summed E-state index contributed by atoms with van der Waals surface area (Å²) in [5.74, 6) is 0. The normalized spacial score (nSPS) is 11.3. The minimum absolute atomic E-state index is 0.188. The summed E-state index contributed by atoms with van der Waals surface area (Å²) in [6.45, 7) is 7.20. The average Bonchev–Trinajstić information content (AvgIpc) is 2.26. The summed E-state index contributed by atoms with van der Waals surface area (Å²) < 4.78 is 36.1. The van der Waals surface area contributed by atoms with Crippen LogP contribution in [-0.2, 0) is 0 Å². The predicted octanol–water partition coefficient (Wildman–Crippen LogP) is 6.18. The van der Waals surface area contributed by atoms with Crippen molar-refractivity contribution in [2.24, 2.45) is 0 Å². The van der Waals surface area contributed by atoms with Gasteiger partial charge in [-0.3, -0.25) is 0 Å². The minimum atomic E-state index is -4.00. The van der Waals surface area contributed by atoms with Gasteiger partial charge in [0.25, 0.3) is 0 Å². The summed E-state index contributed by atoms with van der Waals surface area (Å²) in [4.78, 5) is 0. The number of rotatable bonds is 9. The van der Waals surface area contributed by atoms with Crippen molar-refractivity contribution in [2.75, 3.05) is 0 Å². The molecule has 0 saturated carbocycles. The molecule has 0 aliphatic rings. The first-order valence-corrected chi connectivity index (χ1v) is 14.4. The van der Waals surface area contributed by atoms with Crippen LogP contribution in [0.4, 0.5) is 13.2 Å². The van der Waals surface area contributed by atoms with Crippen LogP contribution in [0.15, 0.2) is 0 Å². The molecule has 0 fully saturated rings. The molecule has 0 amide bonds. The van der Waals surface area contributed by atoms with Crippen molar-refractivity contribution in [1.82, 2.24) is 0 Å². The molecule has 0 bridgehead atoms. The Bertz CT molecular complexity index is 133. The van der Waals surface area contributed by atoms with Crippen molar-refractivity contribution >= 4 is 19.8 Å². The number of hydrogen-bond donors (Lipinski definition) is 0.